The van der Waals surface area contributed by atoms with Gasteiger partial charge in [-0.05, 0) is 157 Å². The van der Waals surface area contributed by atoms with Gasteiger partial charge in [0, 0.05) is 19.5 Å². The average Bonchev–Trinajstić information content (AvgIpc) is 3.30. The highest BCUT2D eigenvalue weighted by atomic mass is 32.1. The molecule has 0 N–H and O–H groups in total. The summed E-state index contributed by atoms with van der Waals surface area (Å²) in [5, 5.41) is 0. The highest BCUT2D eigenvalue weighted by Crippen LogP contribution is 2.54. The summed E-state index contributed by atoms with van der Waals surface area (Å²) in [6.07, 6.45) is 0. The monoisotopic (exact) mass is 662 g/mol. The summed E-state index contributed by atoms with van der Waals surface area (Å²) in [4.78, 5) is 4.88. The number of hydrogen-bond donors (Lipinski definition) is 0. The van der Waals surface area contributed by atoms with Crippen molar-refractivity contribution in [3.8, 4) is 53.6 Å². The van der Waals surface area contributed by atoms with Gasteiger partial charge < -0.3 is 18.9 Å². The van der Waals surface area contributed by atoms with Crippen molar-refractivity contribution < 1.29 is 18.9 Å². The van der Waals surface area contributed by atoms with Crippen LogP contribution < -0.4 is 18.9 Å². The number of benzene rings is 2. The van der Waals surface area contributed by atoms with E-state index in [1.54, 1.807) is 0 Å². The van der Waals surface area contributed by atoms with Crippen LogP contribution in [0.25, 0.3) is 30.6 Å². The zero-order valence-electron chi connectivity index (χ0n) is 30.9. The fourth-order valence-electron chi connectivity index (χ4n) is 5.23. The van der Waals surface area contributed by atoms with Crippen LogP contribution in [0.4, 0.5) is 0 Å². The third-order valence-corrected chi connectivity index (χ3v) is 10.2. The van der Waals surface area contributed by atoms with E-state index in [-0.39, 0.29) is 22.4 Å². The summed E-state index contributed by atoms with van der Waals surface area (Å²) >= 11 is 3.64. The number of ether oxygens (including phenoxy) is 4. The van der Waals surface area contributed by atoms with E-state index in [1.807, 2.05) is 34.8 Å². The van der Waals surface area contributed by atoms with Gasteiger partial charge in [0.25, 0.3) is 0 Å². The first-order valence-corrected chi connectivity index (χ1v) is 17.8. The molecule has 4 rings (SSSR count). The van der Waals surface area contributed by atoms with Gasteiger partial charge in [0.2, 0.25) is 0 Å². The van der Waals surface area contributed by atoms with E-state index in [0.717, 1.165) is 34.1 Å². The van der Waals surface area contributed by atoms with E-state index in [0.29, 0.717) is 0 Å². The van der Waals surface area contributed by atoms with Crippen molar-refractivity contribution in [2.45, 2.75) is 133 Å². The number of thiophene rings is 2. The third kappa shape index (κ3) is 8.30. The van der Waals surface area contributed by atoms with Gasteiger partial charge in [0.15, 0.2) is 0 Å². The van der Waals surface area contributed by atoms with Crippen LogP contribution in [0.5, 0.6) is 23.0 Å². The Morgan fingerprint density at radius 1 is 0.370 bits per heavy atom. The molecule has 46 heavy (non-hydrogen) atoms. The van der Waals surface area contributed by atoms with E-state index in [1.165, 1.54) is 41.8 Å². The molecule has 0 aliphatic rings. The predicted molar refractivity (Wildman–Crippen MR) is 199 cm³/mol. The summed E-state index contributed by atoms with van der Waals surface area (Å²) in [5.41, 5.74) is 5.62. The molecule has 0 aliphatic carbocycles. The Hall–Kier alpha value is -2.96. The van der Waals surface area contributed by atoms with E-state index in [9.17, 15) is 0 Å². The maximum Gasteiger partial charge on any atom is 0.132 e. The van der Waals surface area contributed by atoms with Gasteiger partial charge in [-0.2, -0.15) is 0 Å². The molecule has 0 unspecified atom stereocenters. The largest absolute Gasteiger partial charge is 0.487 e. The standard InChI is InChI=1S/C40H54O4S2/c1-23-25(3)35(45-33(23)31-27(41-37(5,6)7)19-17-20-28(31)42-38(8,9)10)36-26(4)24(2)34(46-36)32-29(43-39(11,12)13)21-18-22-30(32)44-40(14,15)16/h17-22H,1-16H3. The summed E-state index contributed by atoms with van der Waals surface area (Å²) in [7, 11) is 0. The van der Waals surface area contributed by atoms with Crippen molar-refractivity contribution in [1.82, 2.24) is 0 Å². The number of hydrogen-bond acceptors (Lipinski definition) is 6. The van der Waals surface area contributed by atoms with Gasteiger partial charge >= 0.3 is 0 Å². The summed E-state index contributed by atoms with van der Waals surface area (Å²) in [5.74, 6) is 3.34. The minimum atomic E-state index is -0.357. The Bertz CT molecular complexity index is 1510. The molecule has 4 aromatic rings. The molecule has 2 heterocycles. The van der Waals surface area contributed by atoms with Crippen LogP contribution >= 0.6 is 22.7 Å². The van der Waals surface area contributed by atoms with Gasteiger partial charge in [0.1, 0.15) is 45.4 Å². The van der Waals surface area contributed by atoms with Crippen LogP contribution in [-0.2, 0) is 0 Å². The maximum absolute atomic E-state index is 6.56. The van der Waals surface area contributed by atoms with Crippen molar-refractivity contribution >= 4 is 22.7 Å². The lowest BCUT2D eigenvalue weighted by Crippen LogP contribution is -2.25. The normalized spacial score (nSPS) is 12.8. The van der Waals surface area contributed by atoms with Crippen molar-refractivity contribution in [3.05, 3.63) is 58.7 Å². The fourth-order valence-corrected chi connectivity index (χ4v) is 8.21. The Morgan fingerprint density at radius 3 is 0.804 bits per heavy atom. The van der Waals surface area contributed by atoms with Crippen molar-refractivity contribution in [2.24, 2.45) is 0 Å². The second-order valence-electron chi connectivity index (χ2n) is 16.1. The van der Waals surface area contributed by atoms with Crippen LogP contribution in [0.15, 0.2) is 36.4 Å². The van der Waals surface area contributed by atoms with Gasteiger partial charge in [-0.15, -0.1) is 22.7 Å². The molecular formula is C40H54O4S2. The molecule has 0 amide bonds. The molecule has 6 heteroatoms. The van der Waals surface area contributed by atoms with Crippen LogP contribution in [0, 0.1) is 27.7 Å². The Labute approximate surface area is 286 Å². The summed E-state index contributed by atoms with van der Waals surface area (Å²) in [6.45, 7) is 34.0. The lowest BCUT2D eigenvalue weighted by molar-refractivity contribution is 0.122. The lowest BCUT2D eigenvalue weighted by Gasteiger charge is -2.27. The average molecular weight is 663 g/mol. The summed E-state index contributed by atoms with van der Waals surface area (Å²) < 4.78 is 26.3. The van der Waals surface area contributed by atoms with Crippen molar-refractivity contribution in [2.75, 3.05) is 0 Å². The lowest BCUT2D eigenvalue weighted by atomic mass is 10.0. The molecule has 250 valence electrons. The molecular weight excluding hydrogens is 609 g/mol. The molecule has 0 saturated carbocycles. The molecule has 4 nitrogen and oxygen atoms in total. The van der Waals surface area contributed by atoms with E-state index in [4.69, 9.17) is 18.9 Å². The van der Waals surface area contributed by atoms with E-state index in [2.05, 4.69) is 135 Å². The zero-order chi connectivity index (χ0) is 34.6. The van der Waals surface area contributed by atoms with E-state index >= 15 is 0 Å². The van der Waals surface area contributed by atoms with Crippen LogP contribution in [0.1, 0.15) is 105 Å². The van der Waals surface area contributed by atoms with Crippen LogP contribution in [0.3, 0.4) is 0 Å². The second-order valence-corrected chi connectivity index (χ2v) is 18.2. The van der Waals surface area contributed by atoms with Gasteiger partial charge in [-0.1, -0.05) is 12.1 Å². The zero-order valence-corrected chi connectivity index (χ0v) is 32.5. The SMILES string of the molecule is Cc1c(-c2sc(-c3c(OC(C)(C)C)cccc3OC(C)(C)C)c(C)c2C)sc(-c2c(OC(C)(C)C)cccc2OC(C)(C)C)c1C. The quantitative estimate of drug-likeness (QED) is 0.197. The molecule has 0 radical (unpaired) electrons. The molecule has 0 atom stereocenters. The first kappa shape index (κ1) is 35.9. The van der Waals surface area contributed by atoms with Crippen LogP contribution in [0.2, 0.25) is 0 Å². The molecule has 0 spiro atoms. The minimum absolute atomic E-state index is 0.357. The van der Waals surface area contributed by atoms with Crippen LogP contribution in [-0.4, -0.2) is 22.4 Å². The molecule has 2 aromatic carbocycles. The minimum Gasteiger partial charge on any atom is -0.487 e. The van der Waals surface area contributed by atoms with Gasteiger partial charge in [-0.3, -0.25) is 0 Å². The fraction of sp³-hybridized carbons (Fsp3) is 0.500. The first-order chi connectivity index (χ1) is 21.0. The Kier molecular flexibility index (Phi) is 9.81. The third-order valence-electron chi connectivity index (χ3n) is 7.20. The Balaban J connectivity index is 1.97. The van der Waals surface area contributed by atoms with Crippen molar-refractivity contribution in [3.63, 3.8) is 0 Å². The molecule has 2 aromatic heterocycles. The predicted octanol–water partition coefficient (Wildman–Crippen LogP) is 12.8. The topological polar surface area (TPSA) is 36.9 Å². The number of rotatable bonds is 7. The highest BCUT2D eigenvalue weighted by Gasteiger charge is 2.29. The molecule has 0 bridgehead atoms. The Morgan fingerprint density at radius 2 is 0.587 bits per heavy atom. The van der Waals surface area contributed by atoms with Crippen molar-refractivity contribution in [1.29, 1.82) is 0 Å². The second kappa shape index (κ2) is 12.6. The smallest absolute Gasteiger partial charge is 0.132 e. The molecule has 0 saturated heterocycles. The highest BCUT2D eigenvalue weighted by molar-refractivity contribution is 7.25. The molecule has 0 aliphatic heterocycles. The molecule has 0 fully saturated rings. The maximum atomic E-state index is 6.56. The van der Waals surface area contributed by atoms with E-state index < -0.39 is 0 Å². The summed E-state index contributed by atoms with van der Waals surface area (Å²) in [6, 6.07) is 12.3. The first-order valence-electron chi connectivity index (χ1n) is 16.2. The van der Waals surface area contributed by atoms with Gasteiger partial charge in [-0.25, -0.2) is 0 Å². The van der Waals surface area contributed by atoms with Gasteiger partial charge in [0.05, 0.1) is 11.1 Å².